The maximum absolute atomic E-state index is 11.3. The van der Waals surface area contributed by atoms with E-state index in [1.807, 2.05) is 0 Å². The van der Waals surface area contributed by atoms with E-state index in [1.54, 1.807) is 12.1 Å². The Labute approximate surface area is 193 Å². The molecule has 0 aliphatic rings. The largest absolute Gasteiger partial charge is 1.00 e. The van der Waals surface area contributed by atoms with Gasteiger partial charge in [-0.25, -0.2) is 8.42 Å². The number of rotatable bonds is 8. The van der Waals surface area contributed by atoms with Crippen molar-refractivity contribution in [3.8, 4) is 5.75 Å². The minimum Gasteiger partial charge on any atom is -0.744 e. The Balaban J connectivity index is 0.00000288. The molecule has 0 aliphatic heterocycles. The van der Waals surface area contributed by atoms with Gasteiger partial charge in [0.1, 0.15) is 22.5 Å². The molecule has 0 N–H and O–H groups in total. The van der Waals surface area contributed by atoms with Gasteiger partial charge < -0.3 is 19.3 Å². The van der Waals surface area contributed by atoms with Gasteiger partial charge in [-0.3, -0.25) is 5.04 Å². The van der Waals surface area contributed by atoms with E-state index in [0.29, 0.717) is 34.3 Å². The van der Waals surface area contributed by atoms with Crippen molar-refractivity contribution in [2.75, 3.05) is 20.3 Å². The molecule has 12 heteroatoms. The third kappa shape index (κ3) is 7.62. The first-order valence-corrected chi connectivity index (χ1v) is 8.39. The molecule has 0 saturated carbocycles. The SMILES string of the molecule is COCCOc1cc(S(=O)(=O)[O-])cc2cc(SOO[O-])ccc12.[Na+].[Na+]. The first-order chi connectivity index (χ1) is 11.0. The van der Waals surface area contributed by atoms with Crippen LogP contribution in [0.2, 0.25) is 0 Å². The number of benzene rings is 2. The fourth-order valence-corrected chi connectivity index (χ4v) is 2.82. The predicted octanol–water partition coefficient (Wildman–Crippen LogP) is -4.99. The third-order valence-electron chi connectivity index (χ3n) is 2.85. The second-order valence-corrected chi connectivity index (χ2v) is 6.47. The van der Waals surface area contributed by atoms with Gasteiger partial charge >= 0.3 is 59.1 Å². The Hall–Kier alpha value is 0.600. The van der Waals surface area contributed by atoms with Crippen molar-refractivity contribution < 1.29 is 96.2 Å². The zero-order chi connectivity index (χ0) is 16.9. The summed E-state index contributed by atoms with van der Waals surface area (Å²) >= 11 is 0.653. The topological polar surface area (TPSA) is 117 Å². The van der Waals surface area contributed by atoms with E-state index in [2.05, 4.69) is 9.37 Å². The van der Waals surface area contributed by atoms with Crippen molar-refractivity contribution >= 4 is 32.9 Å². The Kier molecular flexibility index (Phi) is 12.4. The van der Waals surface area contributed by atoms with Gasteiger partial charge in [-0.15, -0.1) is 0 Å². The minimum absolute atomic E-state index is 0. The van der Waals surface area contributed by atoms with E-state index in [0.717, 1.165) is 0 Å². The average Bonchev–Trinajstić information content (AvgIpc) is 2.51. The van der Waals surface area contributed by atoms with Crippen LogP contribution in [0.5, 0.6) is 5.75 Å². The molecule has 0 amide bonds. The molecule has 0 spiro atoms. The zero-order valence-corrected chi connectivity index (χ0v) is 19.5. The third-order valence-corrected chi connectivity index (χ3v) is 4.23. The van der Waals surface area contributed by atoms with Gasteiger partial charge in [0.05, 0.1) is 23.5 Å². The summed E-state index contributed by atoms with van der Waals surface area (Å²) in [4.78, 5) is 0.0669. The van der Waals surface area contributed by atoms with Crippen LogP contribution in [0, 0.1) is 0 Å². The molecule has 2 aromatic rings. The van der Waals surface area contributed by atoms with E-state index >= 15 is 0 Å². The fourth-order valence-electron chi connectivity index (χ4n) is 1.89. The number of hydrogen-bond acceptors (Lipinski definition) is 9. The average molecular weight is 406 g/mol. The van der Waals surface area contributed by atoms with Gasteiger partial charge in [0, 0.05) is 17.4 Å². The molecule has 0 unspecified atom stereocenters. The maximum atomic E-state index is 11.3. The predicted molar refractivity (Wildman–Crippen MR) is 77.3 cm³/mol. The van der Waals surface area contributed by atoms with Crippen LogP contribution in [-0.4, -0.2) is 33.3 Å². The molecule has 126 valence electrons. The summed E-state index contributed by atoms with van der Waals surface area (Å²) in [5.41, 5.74) is 0. The van der Waals surface area contributed by atoms with Crippen LogP contribution in [0.3, 0.4) is 0 Å². The molecule has 8 nitrogen and oxygen atoms in total. The number of methoxy groups -OCH3 is 1. The molecule has 0 fully saturated rings. The van der Waals surface area contributed by atoms with Crippen LogP contribution >= 0.6 is 12.0 Å². The van der Waals surface area contributed by atoms with Gasteiger partial charge in [-0.1, -0.05) is 0 Å². The van der Waals surface area contributed by atoms with Crippen molar-refractivity contribution in [2.45, 2.75) is 9.79 Å². The van der Waals surface area contributed by atoms with Crippen LogP contribution < -0.4 is 69.1 Å². The summed E-state index contributed by atoms with van der Waals surface area (Å²) in [6.45, 7) is 0.496. The first kappa shape index (κ1) is 25.6. The Morgan fingerprint density at radius 3 is 2.44 bits per heavy atom. The molecule has 0 radical (unpaired) electrons. The van der Waals surface area contributed by atoms with Crippen LogP contribution in [0.25, 0.3) is 10.8 Å². The molecule has 0 atom stereocenters. The van der Waals surface area contributed by atoms with Crippen molar-refractivity contribution in [1.82, 2.24) is 0 Å². The van der Waals surface area contributed by atoms with Gasteiger partial charge in [-0.2, -0.15) is 4.33 Å². The van der Waals surface area contributed by atoms with E-state index in [4.69, 9.17) is 9.47 Å². The van der Waals surface area contributed by atoms with Gasteiger partial charge in [0.2, 0.25) is 0 Å². The number of fused-ring (bicyclic) bond motifs is 1. The molecule has 0 aromatic heterocycles. The van der Waals surface area contributed by atoms with Crippen LogP contribution in [0.1, 0.15) is 0 Å². The molecule has 25 heavy (non-hydrogen) atoms. The molecule has 0 bridgehead atoms. The van der Waals surface area contributed by atoms with E-state index < -0.39 is 15.0 Å². The summed E-state index contributed by atoms with van der Waals surface area (Å²) in [6.07, 6.45) is 0. The second kappa shape index (κ2) is 12.1. The van der Waals surface area contributed by atoms with Gasteiger partial charge in [0.25, 0.3) is 0 Å². The second-order valence-electron chi connectivity index (χ2n) is 4.32. The van der Waals surface area contributed by atoms with Crippen molar-refractivity contribution in [1.29, 1.82) is 0 Å². The number of hydrogen-bond donors (Lipinski definition) is 0. The van der Waals surface area contributed by atoms with Crippen LogP contribution in [-0.2, 0) is 24.2 Å². The summed E-state index contributed by atoms with van der Waals surface area (Å²) in [5.74, 6) is 0.242. The summed E-state index contributed by atoms with van der Waals surface area (Å²) in [6, 6.07) is 7.21. The normalized spacial score (nSPS) is 10.8. The summed E-state index contributed by atoms with van der Waals surface area (Å²) in [7, 11) is -3.15. The van der Waals surface area contributed by atoms with E-state index in [1.165, 1.54) is 25.3 Å². The molecule has 0 aliphatic carbocycles. The molecular weight excluding hydrogens is 394 g/mol. The fraction of sp³-hybridized carbons (Fsp3) is 0.231. The zero-order valence-electron chi connectivity index (χ0n) is 13.9. The molecule has 2 rings (SSSR count). The van der Waals surface area contributed by atoms with Gasteiger partial charge in [-0.05, 0) is 35.7 Å². The molecule has 0 saturated heterocycles. The quantitative estimate of drug-likeness (QED) is 0.106. The van der Waals surface area contributed by atoms with E-state index in [-0.39, 0.29) is 71.5 Å². The molecule has 0 heterocycles. The molecular formula is C13H12Na2O8S2. The van der Waals surface area contributed by atoms with Crippen LogP contribution in [0.15, 0.2) is 40.1 Å². The van der Waals surface area contributed by atoms with Crippen molar-refractivity contribution in [3.63, 3.8) is 0 Å². The smallest absolute Gasteiger partial charge is 0.744 e. The standard InChI is InChI=1S/C13H14O8S2.2Na/c1-18-4-5-19-13-8-11(23(15,16)17)7-9-6-10(22-21-20-14)2-3-12(9)13;;/h2-3,6-8,14H,4-5H2,1H3,(H,15,16,17);;/q;2*+1/p-2. The van der Waals surface area contributed by atoms with Crippen molar-refractivity contribution in [3.05, 3.63) is 30.3 Å². The summed E-state index contributed by atoms with van der Waals surface area (Å²) in [5, 5.41) is 14.1. The monoisotopic (exact) mass is 406 g/mol. The van der Waals surface area contributed by atoms with Gasteiger partial charge in [0.15, 0.2) is 0 Å². The van der Waals surface area contributed by atoms with Crippen LogP contribution in [0.4, 0.5) is 0 Å². The van der Waals surface area contributed by atoms with Crippen molar-refractivity contribution in [2.24, 2.45) is 0 Å². The maximum Gasteiger partial charge on any atom is 1.00 e. The minimum atomic E-state index is -4.65. The Morgan fingerprint density at radius 2 is 1.84 bits per heavy atom. The van der Waals surface area contributed by atoms with E-state index in [9.17, 15) is 18.2 Å². The summed E-state index contributed by atoms with van der Waals surface area (Å²) < 4.78 is 48.4. The Bertz CT molecular complexity index is 785. The number of ether oxygens (including phenoxy) is 2. The Morgan fingerprint density at radius 1 is 1.12 bits per heavy atom. The molecule has 2 aromatic carbocycles. The first-order valence-electron chi connectivity index (χ1n) is 6.24.